The molecule has 0 aliphatic carbocycles. The van der Waals surface area contributed by atoms with E-state index in [9.17, 15) is 0 Å². The molecule has 0 bridgehead atoms. The normalized spacial score (nSPS) is 14.5. The Hall–Kier alpha value is 0.440. The van der Waals surface area contributed by atoms with Crippen LogP contribution in [0.2, 0.25) is 0 Å². The summed E-state index contributed by atoms with van der Waals surface area (Å²) >= 11 is 3.48. The number of hydrogen-bond acceptors (Lipinski definition) is 1. The highest BCUT2D eigenvalue weighted by Gasteiger charge is 2.05. The predicted octanol–water partition coefficient (Wildman–Crippen LogP) is 2.75. The van der Waals surface area contributed by atoms with Gasteiger partial charge in [-0.15, -0.1) is 0 Å². The third-order valence-electron chi connectivity index (χ3n) is 2.12. The molecule has 0 aromatic carbocycles. The van der Waals surface area contributed by atoms with Gasteiger partial charge in [-0.25, -0.2) is 0 Å². The van der Waals surface area contributed by atoms with Gasteiger partial charge in [0.2, 0.25) is 0 Å². The number of halogens is 1. The first-order chi connectivity index (χ1) is 5.07. The van der Waals surface area contributed by atoms with Crippen molar-refractivity contribution in [3.63, 3.8) is 0 Å². The summed E-state index contributed by atoms with van der Waals surface area (Å²) in [5.41, 5.74) is 0. The van der Waals surface area contributed by atoms with Crippen molar-refractivity contribution in [2.45, 2.75) is 33.2 Å². The Bertz CT molecular complexity index is 93.6. The minimum absolute atomic E-state index is 0.678. The van der Waals surface area contributed by atoms with E-state index in [0.717, 1.165) is 11.2 Å². The molecule has 0 heterocycles. The average molecular weight is 222 g/mol. The molecule has 0 N–H and O–H groups in total. The van der Waals surface area contributed by atoms with Crippen molar-refractivity contribution in [2.24, 2.45) is 5.92 Å². The van der Waals surface area contributed by atoms with E-state index in [-0.39, 0.29) is 0 Å². The third kappa shape index (κ3) is 5.68. The van der Waals surface area contributed by atoms with Crippen LogP contribution < -0.4 is 0 Å². The fourth-order valence-electron chi connectivity index (χ4n) is 0.759. The number of hydrogen-bond donors (Lipinski definition) is 0. The van der Waals surface area contributed by atoms with Crippen LogP contribution in [0.25, 0.3) is 0 Å². The van der Waals surface area contributed by atoms with Crippen LogP contribution in [-0.2, 0) is 0 Å². The van der Waals surface area contributed by atoms with Gasteiger partial charge in [0.25, 0.3) is 0 Å². The van der Waals surface area contributed by atoms with E-state index in [4.69, 9.17) is 0 Å². The molecule has 0 saturated carbocycles. The van der Waals surface area contributed by atoms with E-state index in [1.165, 1.54) is 13.0 Å². The zero-order chi connectivity index (χ0) is 8.85. The zero-order valence-electron chi connectivity index (χ0n) is 8.10. The van der Waals surface area contributed by atoms with Crippen molar-refractivity contribution >= 4 is 15.9 Å². The Morgan fingerprint density at radius 1 is 1.27 bits per heavy atom. The monoisotopic (exact) mass is 221 g/mol. The average Bonchev–Trinajstić information content (AvgIpc) is 1.99. The lowest BCUT2D eigenvalue weighted by Crippen LogP contribution is -2.28. The predicted molar refractivity (Wildman–Crippen MR) is 55.3 cm³/mol. The maximum Gasteiger partial charge on any atom is 0.00575 e. The molecule has 1 unspecified atom stereocenters. The second kappa shape index (κ2) is 6.01. The molecule has 0 aromatic heterocycles. The first-order valence-corrected chi connectivity index (χ1v) is 5.46. The van der Waals surface area contributed by atoms with Crippen LogP contribution in [-0.4, -0.2) is 29.9 Å². The molecule has 0 saturated heterocycles. The molecule has 0 spiro atoms. The summed E-state index contributed by atoms with van der Waals surface area (Å²) in [7, 11) is 2.19. The van der Waals surface area contributed by atoms with Crippen LogP contribution >= 0.6 is 15.9 Å². The molecule has 0 aliphatic heterocycles. The highest BCUT2D eigenvalue weighted by atomic mass is 79.9. The minimum Gasteiger partial charge on any atom is -0.304 e. The first kappa shape index (κ1) is 11.4. The van der Waals surface area contributed by atoms with Gasteiger partial charge in [-0.2, -0.15) is 0 Å². The summed E-state index contributed by atoms with van der Waals surface area (Å²) in [4.78, 5) is 2.39. The fourth-order valence-corrected chi connectivity index (χ4v) is 1.08. The van der Waals surface area contributed by atoms with Crippen molar-refractivity contribution in [1.82, 2.24) is 4.90 Å². The molecule has 0 radical (unpaired) electrons. The molecule has 0 fully saturated rings. The summed E-state index contributed by atoms with van der Waals surface area (Å²) in [5.74, 6) is 0.802. The van der Waals surface area contributed by atoms with Gasteiger partial charge in [0.05, 0.1) is 0 Å². The summed E-state index contributed by atoms with van der Waals surface area (Å²) in [6, 6.07) is 0.678. The van der Waals surface area contributed by atoms with Crippen molar-refractivity contribution in [1.29, 1.82) is 0 Å². The smallest absolute Gasteiger partial charge is 0.00575 e. The summed E-state index contributed by atoms with van der Waals surface area (Å²) in [5, 5.41) is 1.12. The molecule has 68 valence electrons. The molecule has 2 heteroatoms. The lowest BCUT2D eigenvalue weighted by molar-refractivity contribution is 0.258. The van der Waals surface area contributed by atoms with Crippen LogP contribution in [0.5, 0.6) is 0 Å². The van der Waals surface area contributed by atoms with Crippen LogP contribution in [0.4, 0.5) is 0 Å². The van der Waals surface area contributed by atoms with E-state index < -0.39 is 0 Å². The molecule has 1 nitrogen and oxygen atoms in total. The number of rotatable bonds is 5. The molecule has 0 amide bonds. The molecule has 11 heavy (non-hydrogen) atoms. The second-order valence-corrected chi connectivity index (χ2v) is 4.27. The van der Waals surface area contributed by atoms with E-state index in [1.54, 1.807) is 0 Å². The van der Waals surface area contributed by atoms with Crippen molar-refractivity contribution in [2.75, 3.05) is 18.9 Å². The largest absolute Gasteiger partial charge is 0.304 e. The summed E-state index contributed by atoms with van der Waals surface area (Å²) in [6.07, 6.45) is 1.29. The number of nitrogens with zero attached hydrogens (tertiary/aromatic N) is 1. The Labute approximate surface area is 79.3 Å². The van der Waals surface area contributed by atoms with Crippen molar-refractivity contribution < 1.29 is 0 Å². The Balaban J connectivity index is 3.37. The van der Waals surface area contributed by atoms with Crippen LogP contribution in [0, 0.1) is 5.92 Å². The Morgan fingerprint density at radius 3 is 2.18 bits per heavy atom. The molecular formula is C9H20BrN. The Morgan fingerprint density at radius 2 is 1.82 bits per heavy atom. The molecule has 0 aromatic rings. The molecule has 1 atom stereocenters. The highest BCUT2D eigenvalue weighted by molar-refractivity contribution is 9.09. The summed E-state index contributed by atoms with van der Waals surface area (Å²) < 4.78 is 0. The van der Waals surface area contributed by atoms with Gasteiger partial charge in [-0.1, -0.05) is 22.9 Å². The van der Waals surface area contributed by atoms with Gasteiger partial charge in [-0.05, 0) is 39.8 Å². The van der Waals surface area contributed by atoms with Gasteiger partial charge in [0, 0.05) is 11.4 Å². The van der Waals surface area contributed by atoms with Crippen LogP contribution in [0.1, 0.15) is 27.2 Å². The zero-order valence-corrected chi connectivity index (χ0v) is 9.69. The van der Waals surface area contributed by atoms with E-state index in [2.05, 4.69) is 48.6 Å². The first-order valence-electron chi connectivity index (χ1n) is 4.34. The minimum atomic E-state index is 0.678. The standard InChI is InChI=1S/C9H20BrN/c1-8(2)11(4)6-5-9(3)7-10/h8-9H,5-7H2,1-4H3. The molecule has 0 aliphatic rings. The quantitative estimate of drug-likeness (QED) is 0.646. The Kier molecular flexibility index (Phi) is 6.25. The second-order valence-electron chi connectivity index (χ2n) is 3.62. The molecule has 0 rings (SSSR count). The number of alkyl halides is 1. The third-order valence-corrected chi connectivity index (χ3v) is 3.22. The van der Waals surface area contributed by atoms with Gasteiger partial charge in [0.1, 0.15) is 0 Å². The maximum absolute atomic E-state index is 3.48. The van der Waals surface area contributed by atoms with E-state index in [0.29, 0.717) is 6.04 Å². The lowest BCUT2D eigenvalue weighted by atomic mass is 10.1. The van der Waals surface area contributed by atoms with Gasteiger partial charge >= 0.3 is 0 Å². The van der Waals surface area contributed by atoms with Crippen molar-refractivity contribution in [3.8, 4) is 0 Å². The topological polar surface area (TPSA) is 3.24 Å². The fraction of sp³-hybridized carbons (Fsp3) is 1.00. The summed E-state index contributed by atoms with van der Waals surface area (Å²) in [6.45, 7) is 7.96. The van der Waals surface area contributed by atoms with Crippen molar-refractivity contribution in [3.05, 3.63) is 0 Å². The highest BCUT2D eigenvalue weighted by Crippen LogP contribution is 2.07. The SMILES string of the molecule is CC(CBr)CCN(C)C(C)C. The van der Waals surface area contributed by atoms with Gasteiger partial charge in [-0.3, -0.25) is 0 Å². The molecular weight excluding hydrogens is 202 g/mol. The van der Waals surface area contributed by atoms with Gasteiger partial charge in [0.15, 0.2) is 0 Å². The van der Waals surface area contributed by atoms with Crippen LogP contribution in [0.15, 0.2) is 0 Å². The van der Waals surface area contributed by atoms with E-state index in [1.807, 2.05) is 0 Å². The van der Waals surface area contributed by atoms with E-state index >= 15 is 0 Å². The lowest BCUT2D eigenvalue weighted by Gasteiger charge is -2.22. The van der Waals surface area contributed by atoms with Crippen LogP contribution in [0.3, 0.4) is 0 Å². The van der Waals surface area contributed by atoms with Gasteiger partial charge < -0.3 is 4.90 Å². The maximum atomic E-state index is 3.48.